The van der Waals surface area contributed by atoms with Gasteiger partial charge >= 0.3 is 5.97 Å². The molecule has 1 aromatic rings. The number of nitrogens with zero attached hydrogens (tertiary/aromatic N) is 1. The molecule has 0 aromatic heterocycles. The van der Waals surface area contributed by atoms with Crippen molar-refractivity contribution in [3.8, 4) is 6.07 Å². The first-order valence-corrected chi connectivity index (χ1v) is 6.02. The van der Waals surface area contributed by atoms with Gasteiger partial charge in [-0.2, -0.15) is 5.26 Å². The Morgan fingerprint density at radius 3 is 3.06 bits per heavy atom. The molecule has 2 atom stereocenters. The van der Waals surface area contributed by atoms with Crippen LogP contribution in [0.3, 0.4) is 0 Å². The molecule has 0 heterocycles. The van der Waals surface area contributed by atoms with Gasteiger partial charge in [0.05, 0.1) is 24.5 Å². The minimum absolute atomic E-state index is 0.295. The Bertz CT molecular complexity index is 507. The second-order valence-corrected chi connectivity index (χ2v) is 4.35. The van der Waals surface area contributed by atoms with E-state index in [9.17, 15) is 14.4 Å². The highest BCUT2D eigenvalue weighted by atomic mass is 19.1. The minimum atomic E-state index is -0.608. The maximum Gasteiger partial charge on any atom is 0.310 e. The summed E-state index contributed by atoms with van der Waals surface area (Å²) in [6, 6.07) is 6.54. The number of hydrogen-bond donors (Lipinski definition) is 0. The maximum atomic E-state index is 13.3. The van der Waals surface area contributed by atoms with Crippen LogP contribution in [0.25, 0.3) is 0 Å². The Hall–Kier alpha value is -1.89. The molecule has 94 valence electrons. The quantitative estimate of drug-likeness (QED) is 0.755. The summed E-state index contributed by atoms with van der Waals surface area (Å²) in [6.45, 7) is 2.03. The Balaban J connectivity index is 2.35. The lowest BCUT2D eigenvalue weighted by molar-refractivity contribution is -0.148. The number of rotatable bonds is 2. The van der Waals surface area contributed by atoms with Crippen LogP contribution in [0.15, 0.2) is 18.2 Å². The summed E-state index contributed by atoms with van der Waals surface area (Å²) in [7, 11) is 0. The number of fused-ring (bicyclic) bond motifs is 1. The molecule has 0 amide bonds. The van der Waals surface area contributed by atoms with Crippen LogP contribution >= 0.6 is 0 Å². The van der Waals surface area contributed by atoms with Crippen LogP contribution in [0.5, 0.6) is 0 Å². The van der Waals surface area contributed by atoms with Crippen molar-refractivity contribution in [3.63, 3.8) is 0 Å². The number of benzene rings is 1. The van der Waals surface area contributed by atoms with Crippen molar-refractivity contribution in [1.82, 2.24) is 0 Å². The summed E-state index contributed by atoms with van der Waals surface area (Å²) in [4.78, 5) is 11.8. The smallest absolute Gasteiger partial charge is 0.310 e. The third kappa shape index (κ3) is 2.21. The van der Waals surface area contributed by atoms with Crippen molar-refractivity contribution in [2.24, 2.45) is 5.92 Å². The van der Waals surface area contributed by atoms with Crippen LogP contribution in [-0.2, 0) is 16.0 Å². The number of halogens is 1. The fraction of sp³-hybridized carbons (Fsp3) is 0.429. The average molecular weight is 247 g/mol. The number of nitriles is 1. The molecule has 0 radical (unpaired) electrons. The summed E-state index contributed by atoms with van der Waals surface area (Å²) in [5.74, 6) is -1.83. The van der Waals surface area contributed by atoms with E-state index in [2.05, 4.69) is 6.07 Å². The highest BCUT2D eigenvalue weighted by molar-refractivity contribution is 5.75. The van der Waals surface area contributed by atoms with E-state index in [4.69, 9.17) is 4.74 Å². The van der Waals surface area contributed by atoms with Gasteiger partial charge in [0.1, 0.15) is 5.82 Å². The highest BCUT2D eigenvalue weighted by Gasteiger charge is 2.35. The van der Waals surface area contributed by atoms with E-state index in [-0.39, 0.29) is 11.8 Å². The molecular weight excluding hydrogens is 233 g/mol. The van der Waals surface area contributed by atoms with E-state index in [1.165, 1.54) is 12.1 Å². The molecule has 18 heavy (non-hydrogen) atoms. The lowest BCUT2D eigenvalue weighted by atomic mass is 9.76. The van der Waals surface area contributed by atoms with E-state index < -0.39 is 11.8 Å². The molecule has 2 unspecified atom stereocenters. The van der Waals surface area contributed by atoms with Gasteiger partial charge in [-0.15, -0.1) is 0 Å². The first-order chi connectivity index (χ1) is 8.67. The second kappa shape index (κ2) is 5.18. The Morgan fingerprint density at radius 1 is 1.61 bits per heavy atom. The molecule has 1 aliphatic carbocycles. The SMILES string of the molecule is CCOC(=O)C1CCc2ccc(F)cc2C1C#N. The maximum absolute atomic E-state index is 13.3. The third-order valence-corrected chi connectivity index (χ3v) is 3.30. The molecule has 1 aliphatic rings. The molecule has 0 N–H and O–H groups in total. The topological polar surface area (TPSA) is 50.1 Å². The predicted molar refractivity (Wildman–Crippen MR) is 63.2 cm³/mol. The summed E-state index contributed by atoms with van der Waals surface area (Å²) in [5, 5.41) is 9.24. The fourth-order valence-corrected chi connectivity index (χ4v) is 2.44. The van der Waals surface area contributed by atoms with Gasteiger partial charge in [0.15, 0.2) is 0 Å². The van der Waals surface area contributed by atoms with Gasteiger partial charge in [-0.05, 0) is 43.0 Å². The van der Waals surface area contributed by atoms with Crippen molar-refractivity contribution >= 4 is 5.97 Å². The standard InChI is InChI=1S/C14H14FNO2/c1-2-18-14(17)11-6-4-9-3-5-10(15)7-12(9)13(11)8-16/h3,5,7,11,13H,2,4,6H2,1H3. The van der Waals surface area contributed by atoms with Crippen LogP contribution in [0.2, 0.25) is 0 Å². The van der Waals surface area contributed by atoms with Crippen LogP contribution in [-0.4, -0.2) is 12.6 Å². The molecule has 3 nitrogen and oxygen atoms in total. The van der Waals surface area contributed by atoms with Crippen LogP contribution < -0.4 is 0 Å². The van der Waals surface area contributed by atoms with Gasteiger partial charge in [0.25, 0.3) is 0 Å². The Morgan fingerprint density at radius 2 is 2.39 bits per heavy atom. The van der Waals surface area contributed by atoms with Gasteiger partial charge in [-0.25, -0.2) is 4.39 Å². The van der Waals surface area contributed by atoms with Crippen molar-refractivity contribution in [1.29, 1.82) is 5.26 Å². The average Bonchev–Trinajstić information content (AvgIpc) is 2.37. The molecule has 2 rings (SSSR count). The van der Waals surface area contributed by atoms with E-state index in [1.54, 1.807) is 13.0 Å². The first kappa shape index (κ1) is 12.6. The van der Waals surface area contributed by atoms with Crippen LogP contribution in [0.4, 0.5) is 4.39 Å². The second-order valence-electron chi connectivity index (χ2n) is 4.35. The summed E-state index contributed by atoms with van der Waals surface area (Å²) < 4.78 is 18.2. The number of carbonyl (C=O) groups is 1. The summed E-state index contributed by atoms with van der Waals surface area (Å²) in [6.07, 6.45) is 1.26. The molecule has 0 fully saturated rings. The highest BCUT2D eigenvalue weighted by Crippen LogP contribution is 2.36. The third-order valence-electron chi connectivity index (χ3n) is 3.30. The molecule has 0 aliphatic heterocycles. The van der Waals surface area contributed by atoms with Gasteiger partial charge in [0, 0.05) is 0 Å². The van der Waals surface area contributed by atoms with Crippen LogP contribution in [0.1, 0.15) is 30.4 Å². The van der Waals surface area contributed by atoms with E-state index >= 15 is 0 Å². The number of hydrogen-bond acceptors (Lipinski definition) is 3. The van der Waals surface area contributed by atoms with E-state index in [0.29, 0.717) is 25.0 Å². The molecule has 4 heteroatoms. The lowest BCUT2D eigenvalue weighted by Gasteiger charge is -2.27. The molecule has 0 saturated heterocycles. The Kier molecular flexibility index (Phi) is 3.61. The molecule has 0 saturated carbocycles. The largest absolute Gasteiger partial charge is 0.466 e. The zero-order valence-electron chi connectivity index (χ0n) is 10.1. The molecule has 0 bridgehead atoms. The molecular formula is C14H14FNO2. The molecule has 1 aromatic carbocycles. The monoisotopic (exact) mass is 247 g/mol. The summed E-state index contributed by atoms with van der Waals surface area (Å²) in [5.41, 5.74) is 1.57. The summed E-state index contributed by atoms with van der Waals surface area (Å²) >= 11 is 0. The minimum Gasteiger partial charge on any atom is -0.466 e. The van der Waals surface area contributed by atoms with Crippen molar-refractivity contribution in [2.75, 3.05) is 6.61 Å². The van der Waals surface area contributed by atoms with E-state index in [1.807, 2.05) is 0 Å². The number of aryl methyl sites for hydroxylation is 1. The zero-order chi connectivity index (χ0) is 13.1. The van der Waals surface area contributed by atoms with Gasteiger partial charge < -0.3 is 4.74 Å². The normalized spacial score (nSPS) is 21.8. The number of esters is 1. The molecule has 0 spiro atoms. The Labute approximate surface area is 105 Å². The zero-order valence-corrected chi connectivity index (χ0v) is 10.1. The number of carbonyl (C=O) groups excluding carboxylic acids is 1. The van der Waals surface area contributed by atoms with Gasteiger partial charge in [-0.3, -0.25) is 4.79 Å². The predicted octanol–water partition coefficient (Wildman–Crippen LogP) is 2.56. The number of ether oxygens (including phenoxy) is 1. The van der Waals surface area contributed by atoms with Crippen molar-refractivity contribution in [3.05, 3.63) is 35.1 Å². The van der Waals surface area contributed by atoms with Gasteiger partial charge in [0.2, 0.25) is 0 Å². The van der Waals surface area contributed by atoms with Gasteiger partial charge in [-0.1, -0.05) is 6.07 Å². The van der Waals surface area contributed by atoms with Crippen molar-refractivity contribution < 1.29 is 13.9 Å². The van der Waals surface area contributed by atoms with Crippen LogP contribution in [0, 0.1) is 23.1 Å². The lowest BCUT2D eigenvalue weighted by Crippen LogP contribution is -2.28. The first-order valence-electron chi connectivity index (χ1n) is 6.02. The van der Waals surface area contributed by atoms with Crippen molar-refractivity contribution in [2.45, 2.75) is 25.7 Å². The fourth-order valence-electron chi connectivity index (χ4n) is 2.44. The van der Waals surface area contributed by atoms with E-state index in [0.717, 1.165) is 5.56 Å².